The number of hydrogen-bond acceptors (Lipinski definition) is 3. The number of rotatable bonds is 6. The van der Waals surface area contributed by atoms with Crippen molar-refractivity contribution in [3.05, 3.63) is 94.4 Å². The molecule has 1 atom stereocenters. The van der Waals surface area contributed by atoms with Crippen LogP contribution in [0.25, 0.3) is 11.2 Å². The summed E-state index contributed by atoms with van der Waals surface area (Å²) in [5, 5.41) is 3.07. The Morgan fingerprint density at radius 2 is 1.68 bits per heavy atom. The van der Waals surface area contributed by atoms with Crippen molar-refractivity contribution >= 4 is 17.1 Å². The third-order valence-corrected chi connectivity index (χ3v) is 5.55. The maximum Gasteiger partial charge on any atom is 0.217 e. The van der Waals surface area contributed by atoms with E-state index in [9.17, 15) is 4.79 Å². The lowest BCUT2D eigenvalue weighted by molar-refractivity contribution is -0.119. The number of hydrogen-bond donors (Lipinski definition) is 1. The molecule has 0 fully saturated rings. The lowest BCUT2D eigenvalue weighted by atomic mass is 9.97. The topological polar surface area (TPSA) is 59.8 Å². The Labute approximate surface area is 183 Å². The van der Waals surface area contributed by atoms with E-state index in [1.54, 1.807) is 6.92 Å². The molecule has 1 amide bonds. The minimum Gasteiger partial charge on any atom is -0.345 e. The molecule has 158 valence electrons. The lowest BCUT2D eigenvalue weighted by Gasteiger charge is -2.19. The zero-order chi connectivity index (χ0) is 22.0. The van der Waals surface area contributed by atoms with Crippen molar-refractivity contribution in [2.45, 2.75) is 46.7 Å². The van der Waals surface area contributed by atoms with Crippen molar-refractivity contribution in [2.75, 3.05) is 0 Å². The Hall–Kier alpha value is -3.47. The molecular weight excluding hydrogens is 384 g/mol. The SMILES string of the molecule is CCc1nc2c(C)cc(C)nc2n1Cc1ccc(C(NC(C)=O)c2ccccc2)cc1. The van der Waals surface area contributed by atoms with Crippen LogP contribution in [0.5, 0.6) is 0 Å². The van der Waals surface area contributed by atoms with Crippen LogP contribution in [0.15, 0.2) is 60.7 Å². The molecular formula is C26H28N4O. The molecule has 0 aliphatic rings. The van der Waals surface area contributed by atoms with Gasteiger partial charge in [0, 0.05) is 19.0 Å². The van der Waals surface area contributed by atoms with E-state index in [-0.39, 0.29) is 11.9 Å². The number of pyridine rings is 1. The summed E-state index contributed by atoms with van der Waals surface area (Å²) < 4.78 is 2.22. The number of benzene rings is 2. The number of carbonyl (C=O) groups excluding carboxylic acids is 1. The van der Waals surface area contributed by atoms with E-state index >= 15 is 0 Å². The van der Waals surface area contributed by atoms with Gasteiger partial charge in [-0.25, -0.2) is 9.97 Å². The summed E-state index contributed by atoms with van der Waals surface area (Å²) in [6.07, 6.45) is 0.853. The molecule has 4 aromatic rings. The number of fused-ring (bicyclic) bond motifs is 1. The summed E-state index contributed by atoms with van der Waals surface area (Å²) in [5.74, 6) is 0.993. The number of carbonyl (C=O) groups is 1. The van der Waals surface area contributed by atoms with Crippen molar-refractivity contribution < 1.29 is 4.79 Å². The van der Waals surface area contributed by atoms with Crippen LogP contribution < -0.4 is 5.32 Å². The fraction of sp³-hybridized carbons (Fsp3) is 0.269. The van der Waals surface area contributed by atoms with Gasteiger partial charge < -0.3 is 9.88 Å². The van der Waals surface area contributed by atoms with Crippen LogP contribution in [0.2, 0.25) is 0 Å². The van der Waals surface area contributed by atoms with Crippen molar-refractivity contribution in [2.24, 2.45) is 0 Å². The highest BCUT2D eigenvalue weighted by molar-refractivity contribution is 5.76. The second kappa shape index (κ2) is 8.72. The first-order chi connectivity index (χ1) is 15.0. The van der Waals surface area contributed by atoms with Gasteiger partial charge in [0.05, 0.1) is 12.6 Å². The number of amides is 1. The normalized spacial score (nSPS) is 12.1. The maximum atomic E-state index is 11.8. The highest BCUT2D eigenvalue weighted by Crippen LogP contribution is 2.24. The largest absolute Gasteiger partial charge is 0.345 e. The van der Waals surface area contributed by atoms with Gasteiger partial charge in [0.2, 0.25) is 5.91 Å². The fourth-order valence-corrected chi connectivity index (χ4v) is 4.09. The standard InChI is InChI=1S/C26H28N4O/c1-5-23-29-24-17(2)15-18(3)27-26(24)30(23)16-20-11-13-22(14-12-20)25(28-19(4)31)21-9-7-6-8-10-21/h6-15,25H,5,16H2,1-4H3,(H,28,31). The predicted octanol–water partition coefficient (Wildman–Crippen LogP) is 4.88. The van der Waals surface area contributed by atoms with Gasteiger partial charge in [0.25, 0.3) is 0 Å². The summed E-state index contributed by atoms with van der Waals surface area (Å²) in [7, 11) is 0. The van der Waals surface area contributed by atoms with Crippen LogP contribution in [-0.4, -0.2) is 20.4 Å². The fourth-order valence-electron chi connectivity index (χ4n) is 4.09. The average molecular weight is 413 g/mol. The lowest BCUT2D eigenvalue weighted by Crippen LogP contribution is -2.26. The molecule has 5 nitrogen and oxygen atoms in total. The molecule has 0 saturated carbocycles. The third-order valence-electron chi connectivity index (χ3n) is 5.55. The van der Waals surface area contributed by atoms with E-state index in [1.165, 1.54) is 5.56 Å². The van der Waals surface area contributed by atoms with Gasteiger partial charge in [-0.3, -0.25) is 4.79 Å². The Bertz CT molecular complexity index is 1210. The first-order valence-electron chi connectivity index (χ1n) is 10.7. The van der Waals surface area contributed by atoms with Crippen LogP contribution in [0.1, 0.15) is 53.7 Å². The minimum atomic E-state index is -0.167. The van der Waals surface area contributed by atoms with Crippen molar-refractivity contribution in [1.29, 1.82) is 0 Å². The van der Waals surface area contributed by atoms with Gasteiger partial charge in [-0.2, -0.15) is 0 Å². The molecule has 1 unspecified atom stereocenters. The van der Waals surface area contributed by atoms with Gasteiger partial charge in [-0.05, 0) is 42.2 Å². The van der Waals surface area contributed by atoms with Gasteiger partial charge in [0.15, 0.2) is 5.65 Å². The van der Waals surface area contributed by atoms with Gasteiger partial charge in [-0.15, -0.1) is 0 Å². The van der Waals surface area contributed by atoms with Gasteiger partial charge >= 0.3 is 0 Å². The van der Waals surface area contributed by atoms with Crippen molar-refractivity contribution in [3.8, 4) is 0 Å². The van der Waals surface area contributed by atoms with Gasteiger partial charge in [0.1, 0.15) is 11.3 Å². The molecule has 2 aromatic heterocycles. The Morgan fingerprint density at radius 1 is 1.00 bits per heavy atom. The van der Waals surface area contributed by atoms with Crippen LogP contribution in [0.4, 0.5) is 0 Å². The molecule has 2 aromatic carbocycles. The molecule has 2 heterocycles. The number of nitrogens with zero attached hydrogens (tertiary/aromatic N) is 3. The number of aromatic nitrogens is 3. The summed E-state index contributed by atoms with van der Waals surface area (Å²) in [4.78, 5) is 21.4. The van der Waals surface area contributed by atoms with Crippen LogP contribution in [-0.2, 0) is 17.8 Å². The summed E-state index contributed by atoms with van der Waals surface area (Å²) >= 11 is 0. The number of aryl methyl sites for hydroxylation is 3. The summed E-state index contributed by atoms with van der Waals surface area (Å²) in [5.41, 5.74) is 7.38. The Morgan fingerprint density at radius 3 is 2.32 bits per heavy atom. The second-order valence-corrected chi connectivity index (χ2v) is 8.01. The van der Waals surface area contributed by atoms with Gasteiger partial charge in [-0.1, -0.05) is 61.5 Å². The summed E-state index contributed by atoms with van der Waals surface area (Å²) in [6.45, 7) is 8.51. The average Bonchev–Trinajstić information content (AvgIpc) is 3.11. The molecule has 0 spiro atoms. The minimum absolute atomic E-state index is 0.0489. The van der Waals surface area contributed by atoms with E-state index in [4.69, 9.17) is 9.97 Å². The summed E-state index contributed by atoms with van der Waals surface area (Å²) in [6, 6.07) is 20.4. The van der Waals surface area contributed by atoms with E-state index in [0.717, 1.165) is 45.8 Å². The molecule has 4 rings (SSSR count). The molecule has 0 bridgehead atoms. The highest BCUT2D eigenvalue weighted by atomic mass is 16.1. The number of imidazole rings is 1. The number of nitrogens with one attached hydrogen (secondary N) is 1. The molecule has 1 N–H and O–H groups in total. The van der Waals surface area contributed by atoms with E-state index in [0.29, 0.717) is 6.54 Å². The monoisotopic (exact) mass is 412 g/mol. The Balaban J connectivity index is 1.67. The van der Waals surface area contributed by atoms with Crippen LogP contribution in [0.3, 0.4) is 0 Å². The zero-order valence-corrected chi connectivity index (χ0v) is 18.5. The first kappa shape index (κ1) is 20.8. The molecule has 0 aliphatic carbocycles. The van der Waals surface area contributed by atoms with Crippen molar-refractivity contribution in [1.82, 2.24) is 19.9 Å². The predicted molar refractivity (Wildman–Crippen MR) is 124 cm³/mol. The molecule has 0 saturated heterocycles. The van der Waals surface area contributed by atoms with Crippen LogP contribution >= 0.6 is 0 Å². The third kappa shape index (κ3) is 4.36. The molecule has 0 aliphatic heterocycles. The second-order valence-electron chi connectivity index (χ2n) is 8.01. The highest BCUT2D eigenvalue weighted by Gasteiger charge is 2.16. The first-order valence-corrected chi connectivity index (χ1v) is 10.7. The van der Waals surface area contributed by atoms with Crippen molar-refractivity contribution in [3.63, 3.8) is 0 Å². The van der Waals surface area contributed by atoms with E-state index in [2.05, 4.69) is 54.1 Å². The zero-order valence-electron chi connectivity index (χ0n) is 18.5. The quantitative estimate of drug-likeness (QED) is 0.491. The van der Waals surface area contributed by atoms with Crippen LogP contribution in [0, 0.1) is 13.8 Å². The molecule has 5 heteroatoms. The van der Waals surface area contributed by atoms with E-state index in [1.807, 2.05) is 37.3 Å². The maximum absolute atomic E-state index is 11.8. The molecule has 0 radical (unpaired) electrons. The molecule has 31 heavy (non-hydrogen) atoms. The van der Waals surface area contributed by atoms with E-state index < -0.39 is 0 Å². The Kier molecular flexibility index (Phi) is 5.85. The smallest absolute Gasteiger partial charge is 0.217 e.